The molecule has 54 heavy (non-hydrogen) atoms. The molecule has 0 atom stereocenters. The average molecular weight is 753 g/mol. The zero-order valence-electron chi connectivity index (χ0n) is 30.2. The predicted molar refractivity (Wildman–Crippen MR) is 202 cm³/mol. The van der Waals surface area contributed by atoms with E-state index in [9.17, 15) is 18.5 Å². The van der Waals surface area contributed by atoms with Gasteiger partial charge in [0.05, 0.1) is 25.3 Å². The van der Waals surface area contributed by atoms with Gasteiger partial charge in [-0.25, -0.2) is 9.18 Å². The largest absolute Gasteiger partial charge is 0.478 e. The molecule has 1 fully saturated rings. The zero-order chi connectivity index (χ0) is 37.7. The number of piperazine rings is 1. The van der Waals surface area contributed by atoms with E-state index < -0.39 is 19.8 Å². The highest BCUT2D eigenvalue weighted by Gasteiger charge is 2.39. The van der Waals surface area contributed by atoms with Crippen molar-refractivity contribution >= 4 is 30.5 Å². The van der Waals surface area contributed by atoms with Gasteiger partial charge >= 0.3 is 13.7 Å². The molecule has 2 aliphatic rings. The quantitative estimate of drug-likeness (QED) is 0.110. The summed E-state index contributed by atoms with van der Waals surface area (Å²) in [7, 11) is -3.30. The van der Waals surface area contributed by atoms with Crippen molar-refractivity contribution in [2.75, 3.05) is 45.7 Å². The number of aromatic nitrogens is 1. The number of hydrogen-bond donors (Lipinski definition) is 0. The number of amides is 2. The Bertz CT molecular complexity index is 2100. The molecule has 2 aliphatic heterocycles. The normalized spacial score (nSPS) is 14.9. The number of carbonyl (C=O) groups excluding carboxylic acids is 2. The van der Waals surface area contributed by atoms with Gasteiger partial charge in [0.15, 0.2) is 5.75 Å². The lowest BCUT2D eigenvalue weighted by molar-refractivity contribution is 0.0762. The lowest BCUT2D eigenvalue weighted by Gasteiger charge is -2.35. The molecule has 0 radical (unpaired) electrons. The molecule has 4 aromatic carbocycles. The van der Waals surface area contributed by atoms with E-state index in [1.165, 1.54) is 12.1 Å². The van der Waals surface area contributed by atoms with Crippen molar-refractivity contribution < 1.29 is 37.1 Å². The smallest absolute Gasteiger partial charge is 0.415 e. The molecule has 2 amide bonds. The highest BCUT2D eigenvalue weighted by atomic mass is 31.2. The summed E-state index contributed by atoms with van der Waals surface area (Å²) in [5.74, 6) is -0.179. The number of rotatable bonds is 13. The van der Waals surface area contributed by atoms with Gasteiger partial charge in [0.2, 0.25) is 0 Å². The van der Waals surface area contributed by atoms with Crippen LogP contribution in [0.5, 0.6) is 11.5 Å². The summed E-state index contributed by atoms with van der Waals surface area (Å²) < 4.78 is 51.1. The number of fused-ring (bicyclic) bond motifs is 2. The highest BCUT2D eigenvalue weighted by molar-refractivity contribution is 7.53. The zero-order valence-corrected chi connectivity index (χ0v) is 31.1. The van der Waals surface area contributed by atoms with E-state index in [1.807, 2.05) is 71.6 Å². The molecule has 1 saturated heterocycles. The lowest BCUT2D eigenvalue weighted by Crippen LogP contribution is -2.49. The summed E-state index contributed by atoms with van der Waals surface area (Å²) in [6, 6.07) is 29.0. The summed E-state index contributed by atoms with van der Waals surface area (Å²) in [6.45, 7) is 5.92. The number of ether oxygens (including phenoxy) is 2. The van der Waals surface area contributed by atoms with Crippen LogP contribution in [0.1, 0.15) is 52.6 Å². The van der Waals surface area contributed by atoms with E-state index >= 15 is 0 Å². The van der Waals surface area contributed by atoms with Gasteiger partial charge in [-0.1, -0.05) is 72.8 Å². The number of carbonyl (C=O) groups is 2. The van der Waals surface area contributed by atoms with E-state index in [-0.39, 0.29) is 61.4 Å². The molecule has 280 valence electrons. The van der Waals surface area contributed by atoms with Crippen LogP contribution in [-0.4, -0.2) is 77.4 Å². The molecular formula is C41H42FN4O7P. The third kappa shape index (κ3) is 8.02. The fourth-order valence-corrected chi connectivity index (χ4v) is 8.75. The second-order valence-electron chi connectivity index (χ2n) is 13.1. The summed E-state index contributed by atoms with van der Waals surface area (Å²) in [5.41, 5.74) is 3.63. The molecule has 5 aromatic rings. The Labute approximate surface area is 313 Å². The van der Waals surface area contributed by atoms with Crippen LogP contribution in [0.15, 0.2) is 103 Å². The molecule has 0 saturated carbocycles. The highest BCUT2D eigenvalue weighted by Crippen LogP contribution is 2.49. The Morgan fingerprint density at radius 1 is 0.833 bits per heavy atom. The van der Waals surface area contributed by atoms with Gasteiger partial charge in [-0.15, -0.1) is 0 Å². The topological polar surface area (TPSA) is 111 Å². The Balaban J connectivity index is 1.24. The Kier molecular flexibility index (Phi) is 11.4. The minimum absolute atomic E-state index is 0.120. The molecule has 0 spiro atoms. The number of halogens is 1. The Hall–Kier alpha value is -5.13. The number of nitrogens with zero attached hydrogens (tertiary/aromatic N) is 4. The average Bonchev–Trinajstić information content (AvgIpc) is 3.51. The molecular weight excluding hydrogens is 710 g/mol. The molecule has 11 nitrogen and oxygen atoms in total. The van der Waals surface area contributed by atoms with E-state index in [4.69, 9.17) is 23.5 Å². The second kappa shape index (κ2) is 16.5. The van der Waals surface area contributed by atoms with E-state index in [0.717, 1.165) is 16.7 Å². The van der Waals surface area contributed by atoms with Crippen LogP contribution in [0, 0.1) is 5.82 Å². The fourth-order valence-electron chi connectivity index (χ4n) is 6.95. The van der Waals surface area contributed by atoms with Crippen molar-refractivity contribution in [3.05, 3.63) is 137 Å². The first-order valence-electron chi connectivity index (χ1n) is 18.1. The maximum atomic E-state index is 14.5. The predicted octanol–water partition coefficient (Wildman–Crippen LogP) is 8.04. The molecule has 0 aliphatic carbocycles. The van der Waals surface area contributed by atoms with Crippen molar-refractivity contribution in [3.63, 3.8) is 0 Å². The van der Waals surface area contributed by atoms with Crippen LogP contribution in [0.2, 0.25) is 0 Å². The van der Waals surface area contributed by atoms with Gasteiger partial charge in [0, 0.05) is 49.9 Å². The van der Waals surface area contributed by atoms with Crippen molar-refractivity contribution in [1.29, 1.82) is 0 Å². The molecule has 0 unspecified atom stereocenters. The van der Waals surface area contributed by atoms with Crippen LogP contribution < -0.4 is 9.47 Å². The number of benzene rings is 4. The Morgan fingerprint density at radius 2 is 1.46 bits per heavy atom. The first kappa shape index (κ1) is 37.2. The molecule has 7 rings (SSSR count). The lowest BCUT2D eigenvalue weighted by atomic mass is 9.99. The molecule has 1 aromatic heterocycles. The van der Waals surface area contributed by atoms with Crippen LogP contribution in [0.4, 0.5) is 9.18 Å². The first-order valence-corrected chi connectivity index (χ1v) is 19.8. The van der Waals surface area contributed by atoms with Gasteiger partial charge in [0.25, 0.3) is 5.91 Å². The first-order chi connectivity index (χ1) is 26.3. The standard InChI is InChI=1S/C41H42FN4O7P/c1-3-50-54(49,51-4-2)28-44-22-24-45(25-23-44)41(48)53-38-33-16-11-21-43-36(33)39(52-37(30-12-7-5-8-13-30)31-14-9-6-10-15-31)35-34(38)27-46(40(35)47)26-29-17-19-32(42)20-18-29/h5-21,37H,3-4,22-28H2,1-2H3. The number of hydrogen-bond acceptors (Lipinski definition) is 9. The van der Waals surface area contributed by atoms with Gasteiger partial charge in [-0.05, 0) is 54.8 Å². The SMILES string of the molecule is CCOP(=O)(CN1CCN(C(=O)Oc2c3c(c(OC(c4ccccc4)c4ccccc4)c4ncccc24)C(=O)N(Cc2ccc(F)cc2)C3)CC1)OCC. The van der Waals surface area contributed by atoms with E-state index in [2.05, 4.69) is 0 Å². The van der Waals surface area contributed by atoms with E-state index in [0.29, 0.717) is 42.6 Å². The summed E-state index contributed by atoms with van der Waals surface area (Å²) in [4.78, 5) is 38.3. The number of pyridine rings is 1. The maximum Gasteiger partial charge on any atom is 0.415 e. The minimum atomic E-state index is -3.30. The summed E-state index contributed by atoms with van der Waals surface area (Å²) in [5, 5.41) is 0.518. The molecule has 13 heteroatoms. The van der Waals surface area contributed by atoms with Crippen molar-refractivity contribution in [1.82, 2.24) is 19.7 Å². The molecule has 3 heterocycles. The van der Waals surface area contributed by atoms with Crippen molar-refractivity contribution in [2.45, 2.75) is 33.0 Å². The monoisotopic (exact) mass is 752 g/mol. The minimum Gasteiger partial charge on any atom is -0.478 e. The van der Waals surface area contributed by atoms with Gasteiger partial charge < -0.3 is 28.3 Å². The third-order valence-electron chi connectivity index (χ3n) is 9.49. The molecule has 0 N–H and O–H groups in total. The third-order valence-corrected chi connectivity index (χ3v) is 11.5. The van der Waals surface area contributed by atoms with Crippen LogP contribution >= 0.6 is 7.60 Å². The van der Waals surface area contributed by atoms with Crippen LogP contribution in [0.25, 0.3) is 10.9 Å². The summed E-state index contributed by atoms with van der Waals surface area (Å²) in [6.07, 6.45) is 0.572. The Morgan fingerprint density at radius 3 is 2.07 bits per heavy atom. The fraction of sp³-hybridized carbons (Fsp3) is 0.293. The van der Waals surface area contributed by atoms with Gasteiger partial charge in [0.1, 0.15) is 29.5 Å². The van der Waals surface area contributed by atoms with Crippen molar-refractivity contribution in [2.24, 2.45) is 0 Å². The molecule has 0 bridgehead atoms. The maximum absolute atomic E-state index is 14.5. The van der Waals surface area contributed by atoms with Crippen LogP contribution in [-0.2, 0) is 26.7 Å². The second-order valence-corrected chi connectivity index (χ2v) is 15.1. The van der Waals surface area contributed by atoms with Crippen molar-refractivity contribution in [3.8, 4) is 11.5 Å². The van der Waals surface area contributed by atoms with Gasteiger partial charge in [-0.2, -0.15) is 0 Å². The van der Waals surface area contributed by atoms with Gasteiger partial charge in [-0.3, -0.25) is 19.2 Å². The van der Waals surface area contributed by atoms with Crippen LogP contribution in [0.3, 0.4) is 0 Å². The summed E-state index contributed by atoms with van der Waals surface area (Å²) >= 11 is 0. The van der Waals surface area contributed by atoms with E-state index in [1.54, 1.807) is 48.0 Å².